The van der Waals surface area contributed by atoms with Crippen molar-refractivity contribution in [2.75, 3.05) is 0 Å². The molecule has 0 unspecified atom stereocenters. The van der Waals surface area contributed by atoms with Gasteiger partial charge in [-0.1, -0.05) is 19.3 Å². The highest BCUT2D eigenvalue weighted by Crippen LogP contribution is 2.37. The number of pyridine rings is 1. The van der Waals surface area contributed by atoms with Gasteiger partial charge in [0.1, 0.15) is 11.5 Å². The summed E-state index contributed by atoms with van der Waals surface area (Å²) in [6.07, 6.45) is 3.26. The Balaban J connectivity index is 1.61. The average Bonchev–Trinajstić information content (AvgIpc) is 3.30. The van der Waals surface area contributed by atoms with Gasteiger partial charge in [-0.15, -0.1) is 23.4 Å². The van der Waals surface area contributed by atoms with E-state index >= 15 is 0 Å². The van der Waals surface area contributed by atoms with Crippen LogP contribution >= 0.6 is 0 Å². The highest BCUT2D eigenvalue weighted by atomic mass is 19.4. The number of nitrogens with one attached hydrogen (secondary N) is 1. The van der Waals surface area contributed by atoms with Crippen molar-refractivity contribution in [2.24, 2.45) is 0 Å². The maximum Gasteiger partial charge on any atom is 0.573 e. The number of amides is 1. The normalized spacial score (nSPS) is 14.7. The Kier molecular flexibility index (Phi) is 6.24. The summed E-state index contributed by atoms with van der Waals surface area (Å²) >= 11 is 0. The lowest BCUT2D eigenvalue weighted by atomic mass is 9.96. The fourth-order valence-electron chi connectivity index (χ4n) is 3.56. The van der Waals surface area contributed by atoms with E-state index in [2.05, 4.69) is 25.2 Å². The number of ether oxygens (including phenoxy) is 2. The molecular formula is C21H19F3N4O4. The molecule has 168 valence electrons. The van der Waals surface area contributed by atoms with Crippen molar-refractivity contribution in [3.05, 3.63) is 43.1 Å². The number of hydrogen-bond acceptors (Lipinski definition) is 7. The summed E-state index contributed by atoms with van der Waals surface area (Å²) in [5.74, 6) is -0.259. The average molecular weight is 448 g/mol. The molecule has 8 nitrogen and oxygen atoms in total. The van der Waals surface area contributed by atoms with Crippen molar-refractivity contribution >= 4 is 6.09 Å². The molecule has 1 aromatic carbocycles. The van der Waals surface area contributed by atoms with Crippen molar-refractivity contribution in [2.45, 2.75) is 44.5 Å². The van der Waals surface area contributed by atoms with E-state index in [1.54, 1.807) is 0 Å². The molecule has 11 heteroatoms. The molecule has 2 aromatic heterocycles. The van der Waals surface area contributed by atoms with Crippen LogP contribution in [0.15, 0.2) is 47.5 Å². The predicted molar refractivity (Wildman–Crippen MR) is 106 cm³/mol. The Bertz CT molecular complexity index is 1070. The van der Waals surface area contributed by atoms with Crippen LogP contribution in [0.5, 0.6) is 11.5 Å². The Morgan fingerprint density at radius 3 is 2.59 bits per heavy atom. The zero-order valence-corrected chi connectivity index (χ0v) is 16.8. The monoisotopic (exact) mass is 448 g/mol. The van der Waals surface area contributed by atoms with Crippen LogP contribution in [0.25, 0.3) is 22.6 Å². The molecule has 3 aromatic rings. The van der Waals surface area contributed by atoms with E-state index in [-0.39, 0.29) is 28.8 Å². The number of alkyl halides is 3. The molecule has 1 aliphatic rings. The van der Waals surface area contributed by atoms with E-state index in [9.17, 15) is 18.0 Å². The van der Waals surface area contributed by atoms with E-state index in [0.29, 0.717) is 5.56 Å². The van der Waals surface area contributed by atoms with Crippen LogP contribution in [0, 0.1) is 0 Å². The van der Waals surface area contributed by atoms with Gasteiger partial charge in [0.15, 0.2) is 0 Å². The first-order chi connectivity index (χ1) is 15.4. The number of hydrogen-bond donors (Lipinski definition) is 1. The molecular weight excluding hydrogens is 429 g/mol. The smallest absolute Gasteiger partial charge is 0.423 e. The maximum absolute atomic E-state index is 12.9. The molecule has 0 aliphatic heterocycles. The molecule has 0 atom stereocenters. The van der Waals surface area contributed by atoms with Gasteiger partial charge >= 0.3 is 12.5 Å². The van der Waals surface area contributed by atoms with E-state index < -0.39 is 18.2 Å². The lowest BCUT2D eigenvalue weighted by Crippen LogP contribution is -2.38. The van der Waals surface area contributed by atoms with Gasteiger partial charge < -0.3 is 19.2 Å². The maximum atomic E-state index is 12.9. The van der Waals surface area contributed by atoms with E-state index in [4.69, 9.17) is 9.15 Å². The van der Waals surface area contributed by atoms with Crippen LogP contribution in [0.2, 0.25) is 0 Å². The summed E-state index contributed by atoms with van der Waals surface area (Å²) in [4.78, 5) is 16.3. The molecule has 32 heavy (non-hydrogen) atoms. The SMILES string of the molecule is O=C(NC1CCCCC1)Oc1ccc(OC(F)(F)F)c(-c2cncc(-c3nnco3)c2)c1. The fourth-order valence-corrected chi connectivity index (χ4v) is 3.56. The second-order valence-corrected chi connectivity index (χ2v) is 7.28. The predicted octanol–water partition coefficient (Wildman–Crippen LogP) is 5.12. The van der Waals surface area contributed by atoms with Crippen LogP contribution < -0.4 is 14.8 Å². The quantitative estimate of drug-likeness (QED) is 0.578. The van der Waals surface area contributed by atoms with Gasteiger partial charge in [0.05, 0.1) is 5.56 Å². The molecule has 4 rings (SSSR count). The van der Waals surface area contributed by atoms with Gasteiger partial charge in [-0.25, -0.2) is 4.79 Å². The summed E-state index contributed by atoms with van der Waals surface area (Å²) in [6.45, 7) is 0. The van der Waals surface area contributed by atoms with Crippen molar-refractivity contribution in [1.82, 2.24) is 20.5 Å². The van der Waals surface area contributed by atoms with Crippen molar-refractivity contribution in [1.29, 1.82) is 0 Å². The Hall–Kier alpha value is -3.63. The summed E-state index contributed by atoms with van der Waals surface area (Å²) in [6, 6.07) is 5.16. The second kappa shape index (κ2) is 9.25. The third-order valence-electron chi connectivity index (χ3n) is 4.97. The number of rotatable bonds is 5. The first kappa shape index (κ1) is 21.6. The summed E-state index contributed by atoms with van der Waals surface area (Å²) in [7, 11) is 0. The van der Waals surface area contributed by atoms with Crippen LogP contribution in [0.3, 0.4) is 0 Å². The highest BCUT2D eigenvalue weighted by Gasteiger charge is 2.32. The second-order valence-electron chi connectivity index (χ2n) is 7.28. The van der Waals surface area contributed by atoms with Crippen LogP contribution in [0.1, 0.15) is 32.1 Å². The number of nitrogens with zero attached hydrogens (tertiary/aromatic N) is 3. The van der Waals surface area contributed by atoms with E-state index in [1.807, 2.05) is 0 Å². The first-order valence-corrected chi connectivity index (χ1v) is 9.97. The number of halogens is 3. The van der Waals surface area contributed by atoms with Crippen molar-refractivity contribution in [3.8, 4) is 34.1 Å². The number of carbonyl (C=O) groups excluding carboxylic acids is 1. The fraction of sp³-hybridized carbons (Fsp3) is 0.333. The van der Waals surface area contributed by atoms with Gasteiger partial charge in [0.25, 0.3) is 0 Å². The molecule has 1 saturated carbocycles. The highest BCUT2D eigenvalue weighted by molar-refractivity contribution is 5.76. The lowest BCUT2D eigenvalue weighted by Gasteiger charge is -2.22. The zero-order valence-electron chi connectivity index (χ0n) is 16.8. The van der Waals surface area contributed by atoms with Crippen LogP contribution in [-0.4, -0.2) is 33.7 Å². The summed E-state index contributed by atoms with van der Waals surface area (Å²) < 4.78 is 53.4. The van der Waals surface area contributed by atoms with Gasteiger partial charge in [-0.05, 0) is 37.1 Å². The molecule has 2 heterocycles. The van der Waals surface area contributed by atoms with Gasteiger partial charge in [0.2, 0.25) is 12.3 Å². The summed E-state index contributed by atoms with van der Waals surface area (Å²) in [5, 5.41) is 10.1. The number of benzene rings is 1. The van der Waals surface area contributed by atoms with Crippen molar-refractivity contribution < 1.29 is 31.9 Å². The van der Waals surface area contributed by atoms with Crippen LogP contribution in [-0.2, 0) is 0 Å². The van der Waals surface area contributed by atoms with Crippen LogP contribution in [0.4, 0.5) is 18.0 Å². The zero-order chi connectivity index (χ0) is 22.6. The Morgan fingerprint density at radius 1 is 1.09 bits per heavy atom. The first-order valence-electron chi connectivity index (χ1n) is 9.97. The molecule has 0 radical (unpaired) electrons. The Labute approximate surface area is 180 Å². The van der Waals surface area contributed by atoms with E-state index in [1.165, 1.54) is 30.6 Å². The number of aromatic nitrogens is 3. The summed E-state index contributed by atoms with van der Waals surface area (Å²) in [5.41, 5.74) is 0.705. The minimum atomic E-state index is -4.91. The molecule has 0 saturated heterocycles. The molecule has 0 bridgehead atoms. The topological polar surface area (TPSA) is 99.4 Å². The lowest BCUT2D eigenvalue weighted by molar-refractivity contribution is -0.274. The van der Waals surface area contributed by atoms with Gasteiger partial charge in [-0.3, -0.25) is 4.98 Å². The molecule has 1 aliphatic carbocycles. The molecule has 1 N–H and O–H groups in total. The molecule has 1 fully saturated rings. The minimum absolute atomic E-state index is 0.0267. The minimum Gasteiger partial charge on any atom is -0.423 e. The third-order valence-corrected chi connectivity index (χ3v) is 4.97. The third kappa shape index (κ3) is 5.54. The molecule has 0 spiro atoms. The molecule has 1 amide bonds. The van der Waals surface area contributed by atoms with Crippen molar-refractivity contribution in [3.63, 3.8) is 0 Å². The largest absolute Gasteiger partial charge is 0.573 e. The number of carbonyl (C=O) groups is 1. The van der Waals surface area contributed by atoms with E-state index in [0.717, 1.165) is 44.6 Å². The Morgan fingerprint density at radius 2 is 1.88 bits per heavy atom. The standard InChI is InChI=1S/C21H19F3N4O4/c22-21(23,24)32-18-7-6-16(31-20(29)27-15-4-2-1-3-5-15)9-17(18)13-8-14(11-25-10-13)19-28-26-12-30-19/h6-12,15H,1-5H2,(H,27,29). The van der Waals surface area contributed by atoms with Gasteiger partial charge in [0, 0.05) is 29.6 Å². The van der Waals surface area contributed by atoms with Gasteiger partial charge in [-0.2, -0.15) is 0 Å².